The zero-order chi connectivity index (χ0) is 22.1. The summed E-state index contributed by atoms with van der Waals surface area (Å²) in [6.07, 6.45) is 5.23. The Bertz CT molecular complexity index is 619. The van der Waals surface area contributed by atoms with Crippen molar-refractivity contribution in [2.24, 2.45) is 5.73 Å². The second kappa shape index (κ2) is 10.1. The summed E-state index contributed by atoms with van der Waals surface area (Å²) >= 11 is 0. The van der Waals surface area contributed by atoms with E-state index < -0.39 is 18.2 Å². The molecule has 1 unspecified atom stereocenters. The summed E-state index contributed by atoms with van der Waals surface area (Å²) in [6, 6.07) is 0. The Labute approximate surface area is 194 Å². The Morgan fingerprint density at radius 3 is 2.68 bits per heavy atom. The maximum absolute atomic E-state index is 12.7. The molecule has 0 saturated carbocycles. The maximum Gasteiger partial charge on any atom is 0.306 e. The van der Waals surface area contributed by atoms with Gasteiger partial charge in [-0.15, -0.1) is 0 Å². The number of unbranched alkanes of at least 4 members (excludes halogenated alkanes) is 1. The van der Waals surface area contributed by atoms with Crippen LogP contribution in [0.25, 0.3) is 0 Å². The minimum absolute atomic E-state index is 0.0959. The van der Waals surface area contributed by atoms with Crippen molar-refractivity contribution in [3.63, 3.8) is 0 Å². The lowest BCUT2D eigenvalue weighted by Crippen LogP contribution is -2.51. The van der Waals surface area contributed by atoms with Crippen molar-refractivity contribution in [1.82, 2.24) is 4.90 Å². The van der Waals surface area contributed by atoms with Crippen LogP contribution in [0.2, 0.25) is 0 Å². The van der Waals surface area contributed by atoms with Crippen molar-refractivity contribution in [3.8, 4) is 0 Å². The van der Waals surface area contributed by atoms with Gasteiger partial charge in [0.25, 0.3) is 0 Å². The Hall–Kier alpha value is -0.0300. The third-order valence-electron chi connectivity index (χ3n) is 6.68. The van der Waals surface area contributed by atoms with Crippen molar-refractivity contribution in [3.05, 3.63) is 0 Å². The second-order valence-corrected chi connectivity index (χ2v) is 12.9. The van der Waals surface area contributed by atoms with Gasteiger partial charge in [-0.1, -0.05) is 28.0 Å². The fraction of sp³-hybridized carbons (Fsp3) is 0.955. The van der Waals surface area contributed by atoms with Crippen LogP contribution in [0.1, 0.15) is 65.7 Å². The molecule has 0 bridgehead atoms. The molecule has 4 saturated heterocycles. The van der Waals surface area contributed by atoms with Crippen molar-refractivity contribution < 1.29 is 23.7 Å². The highest BCUT2D eigenvalue weighted by molar-refractivity contribution is 8.77. The molecule has 2 N–H and O–H groups in total. The summed E-state index contributed by atoms with van der Waals surface area (Å²) < 4.78 is 24.1. The SMILES string of the molecule is CC1(N)CCN(C[C@H]2O[C@@H]3OC(C)(C)O[C@@H]3[C@H]2OC(=O)CCCCC2CCSS2)CC1. The predicted molar refractivity (Wildman–Crippen MR) is 124 cm³/mol. The minimum Gasteiger partial charge on any atom is -0.457 e. The van der Waals surface area contributed by atoms with Crippen molar-refractivity contribution in [1.29, 1.82) is 0 Å². The molecule has 0 aromatic heterocycles. The number of nitrogens with two attached hydrogens (primary N) is 1. The van der Waals surface area contributed by atoms with E-state index in [1.165, 1.54) is 18.6 Å². The molecule has 5 atom stereocenters. The van der Waals surface area contributed by atoms with E-state index >= 15 is 0 Å². The van der Waals surface area contributed by atoms with Gasteiger partial charge in [0.1, 0.15) is 6.10 Å². The molecular formula is C22H38N2O5S2. The first-order chi connectivity index (χ1) is 14.7. The standard InChI is InChI=1S/C22H38N2O5S2/c1-21(2)28-19-18(27-17(25)7-5-4-6-15-8-13-30-31-15)16(26-20(19)29-21)14-24-11-9-22(3,23)10-12-24/h15-16,18-20H,4-14,23H2,1-3H3/t15?,16-,18+,19-,20-/m1/s1. The number of rotatable bonds is 8. The van der Waals surface area contributed by atoms with Gasteiger partial charge in [-0.2, -0.15) is 0 Å². The molecule has 4 aliphatic heterocycles. The van der Waals surface area contributed by atoms with Gasteiger partial charge in [-0.3, -0.25) is 4.79 Å². The highest BCUT2D eigenvalue weighted by Crippen LogP contribution is 2.41. The van der Waals surface area contributed by atoms with Gasteiger partial charge in [0.2, 0.25) is 0 Å². The van der Waals surface area contributed by atoms with E-state index in [2.05, 4.69) is 11.8 Å². The summed E-state index contributed by atoms with van der Waals surface area (Å²) in [5.41, 5.74) is 6.18. The van der Waals surface area contributed by atoms with Crippen LogP contribution in [0.3, 0.4) is 0 Å². The topological polar surface area (TPSA) is 83.2 Å². The van der Waals surface area contributed by atoms with Crippen LogP contribution in [-0.2, 0) is 23.7 Å². The average Bonchev–Trinajstić information content (AvgIpc) is 3.38. The Balaban J connectivity index is 1.28. The zero-order valence-electron chi connectivity index (χ0n) is 19.0. The number of esters is 1. The number of hydrogen-bond donors (Lipinski definition) is 1. The molecule has 4 rings (SSSR count). The van der Waals surface area contributed by atoms with Gasteiger partial charge >= 0.3 is 5.97 Å². The Morgan fingerprint density at radius 1 is 1.19 bits per heavy atom. The van der Waals surface area contributed by atoms with E-state index in [4.69, 9.17) is 24.7 Å². The van der Waals surface area contributed by atoms with E-state index in [9.17, 15) is 4.79 Å². The summed E-state index contributed by atoms with van der Waals surface area (Å²) in [7, 11) is 3.96. The van der Waals surface area contributed by atoms with Crippen LogP contribution in [-0.4, -0.2) is 77.4 Å². The van der Waals surface area contributed by atoms with E-state index in [0.29, 0.717) is 13.0 Å². The van der Waals surface area contributed by atoms with Crippen LogP contribution < -0.4 is 5.73 Å². The molecule has 4 fully saturated rings. The monoisotopic (exact) mass is 474 g/mol. The van der Waals surface area contributed by atoms with Crippen molar-refractivity contribution in [2.45, 2.75) is 107 Å². The number of hydrogen-bond acceptors (Lipinski definition) is 9. The van der Waals surface area contributed by atoms with Crippen LogP contribution in [0.4, 0.5) is 0 Å². The van der Waals surface area contributed by atoms with E-state index in [0.717, 1.165) is 44.0 Å². The number of carbonyl (C=O) groups is 1. The molecular weight excluding hydrogens is 436 g/mol. The first kappa shape index (κ1) is 24.1. The van der Waals surface area contributed by atoms with E-state index in [1.54, 1.807) is 0 Å². The van der Waals surface area contributed by atoms with Crippen molar-refractivity contribution >= 4 is 27.6 Å². The highest BCUT2D eigenvalue weighted by atomic mass is 33.1. The van der Waals surface area contributed by atoms with E-state index in [-0.39, 0.29) is 23.7 Å². The summed E-state index contributed by atoms with van der Waals surface area (Å²) in [5.74, 6) is 0.367. The first-order valence-electron chi connectivity index (χ1n) is 11.7. The number of carbonyl (C=O) groups excluding carboxylic acids is 1. The third kappa shape index (κ3) is 6.52. The molecule has 0 spiro atoms. The predicted octanol–water partition coefficient (Wildman–Crippen LogP) is 3.30. The van der Waals surface area contributed by atoms with Gasteiger partial charge in [-0.05, 0) is 66.0 Å². The average molecular weight is 475 g/mol. The molecule has 9 heteroatoms. The molecule has 0 amide bonds. The number of likely N-dealkylation sites (tertiary alicyclic amines) is 1. The smallest absolute Gasteiger partial charge is 0.306 e. The maximum atomic E-state index is 12.7. The number of piperidine rings is 1. The molecule has 31 heavy (non-hydrogen) atoms. The lowest BCUT2D eigenvalue weighted by atomic mass is 9.91. The lowest BCUT2D eigenvalue weighted by molar-refractivity contribution is -0.220. The first-order valence-corrected chi connectivity index (χ1v) is 14.1. The molecule has 178 valence electrons. The van der Waals surface area contributed by atoms with Gasteiger partial charge < -0.3 is 29.6 Å². The van der Waals surface area contributed by atoms with Gasteiger partial charge in [0.05, 0.1) is 0 Å². The number of fused-ring (bicyclic) bond motifs is 1. The van der Waals surface area contributed by atoms with Crippen LogP contribution in [0, 0.1) is 0 Å². The number of ether oxygens (including phenoxy) is 4. The normalized spacial score (nSPS) is 37.1. The van der Waals surface area contributed by atoms with Crippen molar-refractivity contribution in [2.75, 3.05) is 25.4 Å². The summed E-state index contributed by atoms with van der Waals surface area (Å²) in [4.78, 5) is 15.0. The van der Waals surface area contributed by atoms with Gasteiger partial charge in [0, 0.05) is 29.5 Å². The van der Waals surface area contributed by atoms with Crippen LogP contribution in [0.15, 0.2) is 0 Å². The molecule has 4 heterocycles. The quantitative estimate of drug-likeness (QED) is 0.324. The molecule has 4 aliphatic rings. The van der Waals surface area contributed by atoms with Gasteiger partial charge in [0.15, 0.2) is 24.3 Å². The number of nitrogens with zero attached hydrogens (tertiary/aromatic N) is 1. The van der Waals surface area contributed by atoms with Crippen LogP contribution in [0.5, 0.6) is 0 Å². The van der Waals surface area contributed by atoms with Crippen LogP contribution >= 0.6 is 21.6 Å². The van der Waals surface area contributed by atoms with E-state index in [1.807, 2.05) is 35.4 Å². The third-order valence-corrected chi connectivity index (χ3v) is 9.68. The highest BCUT2D eigenvalue weighted by Gasteiger charge is 2.56. The fourth-order valence-corrected chi connectivity index (χ4v) is 7.78. The largest absolute Gasteiger partial charge is 0.457 e. The molecule has 7 nitrogen and oxygen atoms in total. The minimum atomic E-state index is -0.728. The summed E-state index contributed by atoms with van der Waals surface area (Å²) in [6.45, 7) is 8.40. The molecule has 0 aromatic carbocycles. The zero-order valence-corrected chi connectivity index (χ0v) is 20.7. The molecule has 0 radical (unpaired) electrons. The summed E-state index contributed by atoms with van der Waals surface area (Å²) in [5, 5.41) is 0.751. The second-order valence-electron chi connectivity index (χ2n) is 10.1. The fourth-order valence-electron chi connectivity index (χ4n) is 4.75. The Kier molecular flexibility index (Phi) is 7.83. The molecule has 0 aromatic rings. The molecule has 0 aliphatic carbocycles. The lowest BCUT2D eigenvalue weighted by Gasteiger charge is -2.38. The Morgan fingerprint density at radius 2 is 1.97 bits per heavy atom. The van der Waals surface area contributed by atoms with Gasteiger partial charge in [-0.25, -0.2) is 0 Å².